The monoisotopic (exact) mass is 340 g/mol. The Kier molecular flexibility index (Phi) is 5.96. The number of piperidine rings is 1. The summed E-state index contributed by atoms with van der Waals surface area (Å²) in [5, 5.41) is 0. The molecule has 2 rings (SSSR count). The number of likely N-dealkylation sites (tertiary alicyclic amines) is 1. The Morgan fingerprint density at radius 2 is 2.15 bits per heavy atom. The SMILES string of the molecule is CN1CCC(CN(C)C(CN)c2cncc(Br)c2)CC1. The van der Waals surface area contributed by atoms with Gasteiger partial charge in [-0.05, 0) is 73.5 Å². The number of likely N-dealkylation sites (N-methyl/N-ethyl adjacent to an activating group) is 1. The van der Waals surface area contributed by atoms with Gasteiger partial charge in [-0.1, -0.05) is 0 Å². The van der Waals surface area contributed by atoms with Crippen LogP contribution < -0.4 is 5.73 Å². The van der Waals surface area contributed by atoms with Crippen molar-refractivity contribution < 1.29 is 0 Å². The van der Waals surface area contributed by atoms with Gasteiger partial charge in [-0.3, -0.25) is 9.88 Å². The van der Waals surface area contributed by atoms with Gasteiger partial charge in [-0.15, -0.1) is 0 Å². The summed E-state index contributed by atoms with van der Waals surface area (Å²) in [6.07, 6.45) is 6.31. The molecule has 0 aromatic carbocycles. The maximum absolute atomic E-state index is 5.99. The lowest BCUT2D eigenvalue weighted by molar-refractivity contribution is 0.151. The lowest BCUT2D eigenvalue weighted by atomic mass is 9.95. The summed E-state index contributed by atoms with van der Waals surface area (Å²) in [4.78, 5) is 9.06. The summed E-state index contributed by atoms with van der Waals surface area (Å²) in [6.45, 7) is 4.16. The summed E-state index contributed by atoms with van der Waals surface area (Å²) in [5.41, 5.74) is 7.18. The molecule has 20 heavy (non-hydrogen) atoms. The molecule has 0 saturated carbocycles. The first-order chi connectivity index (χ1) is 9.60. The lowest BCUT2D eigenvalue weighted by Gasteiger charge is -2.34. The normalized spacial score (nSPS) is 19.4. The van der Waals surface area contributed by atoms with Crippen molar-refractivity contribution in [2.24, 2.45) is 11.7 Å². The molecule has 0 bridgehead atoms. The third-order valence-electron chi connectivity index (χ3n) is 4.25. The van der Waals surface area contributed by atoms with Gasteiger partial charge in [0, 0.05) is 36.0 Å². The second-order valence-corrected chi connectivity index (χ2v) is 6.79. The van der Waals surface area contributed by atoms with E-state index in [0.717, 1.165) is 16.9 Å². The number of rotatable bonds is 5. The van der Waals surface area contributed by atoms with Crippen LogP contribution in [0.5, 0.6) is 0 Å². The van der Waals surface area contributed by atoms with E-state index in [1.54, 1.807) is 0 Å². The second kappa shape index (κ2) is 7.50. The minimum absolute atomic E-state index is 0.250. The van der Waals surface area contributed by atoms with Crippen molar-refractivity contribution in [2.75, 3.05) is 40.3 Å². The van der Waals surface area contributed by atoms with Crippen LogP contribution in [-0.2, 0) is 0 Å². The topological polar surface area (TPSA) is 45.4 Å². The number of halogens is 1. The number of hydrogen-bond donors (Lipinski definition) is 1. The molecule has 1 aromatic rings. The first-order valence-corrected chi connectivity index (χ1v) is 8.08. The Bertz CT molecular complexity index is 418. The predicted octanol–water partition coefficient (Wildman–Crippen LogP) is 2.12. The summed E-state index contributed by atoms with van der Waals surface area (Å²) < 4.78 is 1.01. The van der Waals surface area contributed by atoms with Gasteiger partial charge in [0.05, 0.1) is 0 Å². The Morgan fingerprint density at radius 3 is 2.75 bits per heavy atom. The van der Waals surface area contributed by atoms with Gasteiger partial charge in [0.15, 0.2) is 0 Å². The molecule has 1 aliphatic heterocycles. The molecule has 1 atom stereocenters. The van der Waals surface area contributed by atoms with Gasteiger partial charge < -0.3 is 10.6 Å². The fourth-order valence-corrected chi connectivity index (χ4v) is 3.34. The lowest BCUT2D eigenvalue weighted by Crippen LogP contribution is -2.38. The smallest absolute Gasteiger partial charge is 0.0483 e. The van der Waals surface area contributed by atoms with Gasteiger partial charge >= 0.3 is 0 Å². The van der Waals surface area contributed by atoms with E-state index in [2.05, 4.69) is 50.9 Å². The Labute approximate surface area is 130 Å². The molecule has 1 fully saturated rings. The summed E-state index contributed by atoms with van der Waals surface area (Å²) >= 11 is 3.49. The number of nitrogens with zero attached hydrogens (tertiary/aromatic N) is 3. The minimum Gasteiger partial charge on any atom is -0.329 e. The Balaban J connectivity index is 1.97. The minimum atomic E-state index is 0.250. The molecule has 2 heterocycles. The van der Waals surface area contributed by atoms with Gasteiger partial charge in [0.2, 0.25) is 0 Å². The van der Waals surface area contributed by atoms with E-state index in [4.69, 9.17) is 5.73 Å². The third kappa shape index (κ3) is 4.25. The fraction of sp³-hybridized carbons (Fsp3) is 0.667. The van der Waals surface area contributed by atoms with E-state index < -0.39 is 0 Å². The second-order valence-electron chi connectivity index (χ2n) is 5.87. The van der Waals surface area contributed by atoms with E-state index in [9.17, 15) is 0 Å². The van der Waals surface area contributed by atoms with Gasteiger partial charge in [0.25, 0.3) is 0 Å². The van der Waals surface area contributed by atoms with E-state index >= 15 is 0 Å². The molecule has 112 valence electrons. The molecule has 1 aromatic heterocycles. The third-order valence-corrected chi connectivity index (χ3v) is 4.68. The molecule has 1 unspecified atom stereocenters. The highest BCUT2D eigenvalue weighted by Crippen LogP contribution is 2.24. The molecule has 0 radical (unpaired) electrons. The molecule has 0 spiro atoms. The fourth-order valence-electron chi connectivity index (χ4n) is 2.96. The number of nitrogens with two attached hydrogens (primary N) is 1. The maximum atomic E-state index is 5.99. The van der Waals surface area contributed by atoms with Crippen molar-refractivity contribution in [1.82, 2.24) is 14.8 Å². The van der Waals surface area contributed by atoms with Crippen LogP contribution in [0, 0.1) is 5.92 Å². The van der Waals surface area contributed by atoms with Gasteiger partial charge in [0.1, 0.15) is 0 Å². The van der Waals surface area contributed by atoms with Crippen LogP contribution in [0.25, 0.3) is 0 Å². The van der Waals surface area contributed by atoms with Crippen LogP contribution in [0.3, 0.4) is 0 Å². The number of pyridine rings is 1. The first kappa shape index (κ1) is 15.9. The van der Waals surface area contributed by atoms with E-state index in [0.29, 0.717) is 6.54 Å². The van der Waals surface area contributed by atoms with Crippen molar-refractivity contribution >= 4 is 15.9 Å². The van der Waals surface area contributed by atoms with Crippen LogP contribution >= 0.6 is 15.9 Å². The molecular weight excluding hydrogens is 316 g/mol. The predicted molar refractivity (Wildman–Crippen MR) is 86.6 cm³/mol. The highest BCUT2D eigenvalue weighted by Gasteiger charge is 2.22. The van der Waals surface area contributed by atoms with Crippen molar-refractivity contribution in [3.63, 3.8) is 0 Å². The zero-order valence-corrected chi connectivity index (χ0v) is 14.0. The Morgan fingerprint density at radius 1 is 1.45 bits per heavy atom. The van der Waals surface area contributed by atoms with E-state index in [1.807, 2.05) is 12.4 Å². The van der Waals surface area contributed by atoms with E-state index in [1.165, 1.54) is 31.5 Å². The molecule has 4 nitrogen and oxygen atoms in total. The van der Waals surface area contributed by atoms with Crippen molar-refractivity contribution in [1.29, 1.82) is 0 Å². The van der Waals surface area contributed by atoms with E-state index in [-0.39, 0.29) is 6.04 Å². The highest BCUT2D eigenvalue weighted by molar-refractivity contribution is 9.10. The zero-order valence-electron chi connectivity index (χ0n) is 12.4. The maximum Gasteiger partial charge on any atom is 0.0483 e. The molecule has 1 aliphatic rings. The molecule has 1 saturated heterocycles. The van der Waals surface area contributed by atoms with Crippen molar-refractivity contribution in [3.8, 4) is 0 Å². The molecule has 0 aliphatic carbocycles. The summed E-state index contributed by atoms with van der Waals surface area (Å²) in [5.74, 6) is 0.783. The average Bonchev–Trinajstić information content (AvgIpc) is 2.42. The van der Waals surface area contributed by atoms with Crippen LogP contribution in [0.15, 0.2) is 22.9 Å². The van der Waals surface area contributed by atoms with Gasteiger partial charge in [-0.2, -0.15) is 0 Å². The number of hydrogen-bond acceptors (Lipinski definition) is 4. The zero-order chi connectivity index (χ0) is 14.5. The molecule has 0 amide bonds. The molecular formula is C15H25BrN4. The summed E-state index contributed by atoms with van der Waals surface area (Å²) in [6, 6.07) is 2.37. The van der Waals surface area contributed by atoms with Crippen LogP contribution in [0.2, 0.25) is 0 Å². The number of aromatic nitrogens is 1. The summed E-state index contributed by atoms with van der Waals surface area (Å²) in [7, 11) is 4.38. The van der Waals surface area contributed by atoms with Crippen LogP contribution in [0.4, 0.5) is 0 Å². The molecule has 5 heteroatoms. The Hall–Kier alpha value is -0.490. The quantitative estimate of drug-likeness (QED) is 0.891. The average molecular weight is 341 g/mol. The van der Waals surface area contributed by atoms with Gasteiger partial charge in [-0.25, -0.2) is 0 Å². The van der Waals surface area contributed by atoms with Crippen LogP contribution in [-0.4, -0.2) is 55.1 Å². The molecule has 2 N–H and O–H groups in total. The first-order valence-electron chi connectivity index (χ1n) is 7.29. The highest BCUT2D eigenvalue weighted by atomic mass is 79.9. The van der Waals surface area contributed by atoms with Crippen LogP contribution in [0.1, 0.15) is 24.4 Å². The van der Waals surface area contributed by atoms with Crippen molar-refractivity contribution in [2.45, 2.75) is 18.9 Å². The standard InChI is InChI=1S/C15H25BrN4/c1-19-5-3-12(4-6-19)11-20(2)15(8-17)13-7-14(16)10-18-9-13/h7,9-10,12,15H,3-6,8,11,17H2,1-2H3. The van der Waals surface area contributed by atoms with Crippen molar-refractivity contribution in [3.05, 3.63) is 28.5 Å². The largest absolute Gasteiger partial charge is 0.329 e.